The van der Waals surface area contributed by atoms with E-state index >= 15 is 0 Å². The third kappa shape index (κ3) is 2.38. The normalized spacial score (nSPS) is 32.1. The van der Waals surface area contributed by atoms with Gasteiger partial charge in [-0.2, -0.15) is 0 Å². The van der Waals surface area contributed by atoms with Crippen molar-refractivity contribution in [3.05, 3.63) is 0 Å². The lowest BCUT2D eigenvalue weighted by molar-refractivity contribution is -0.136. The number of methoxy groups -OCH3 is 1. The van der Waals surface area contributed by atoms with Gasteiger partial charge in [0.05, 0.1) is 12.0 Å². The van der Waals surface area contributed by atoms with E-state index in [1.165, 1.54) is 0 Å². The first-order valence-electron chi connectivity index (χ1n) is 6.18. The lowest BCUT2D eigenvalue weighted by atomic mass is 9.78. The highest BCUT2D eigenvalue weighted by molar-refractivity contribution is 5.83. The summed E-state index contributed by atoms with van der Waals surface area (Å²) in [7, 11) is 1.68. The highest BCUT2D eigenvalue weighted by atomic mass is 16.5. The molecule has 2 N–H and O–H groups in total. The molecule has 4 nitrogen and oxygen atoms in total. The summed E-state index contributed by atoms with van der Waals surface area (Å²) >= 11 is 0. The molecule has 1 aliphatic heterocycles. The second-order valence-corrected chi connectivity index (χ2v) is 5.26. The van der Waals surface area contributed by atoms with E-state index < -0.39 is 0 Å². The summed E-state index contributed by atoms with van der Waals surface area (Å²) in [5.74, 6) is 0.857. The maximum atomic E-state index is 12.3. The molecular formula is C12H22N2O2. The van der Waals surface area contributed by atoms with Crippen LogP contribution in [0.2, 0.25) is 0 Å². The fraction of sp³-hybridized carbons (Fsp3) is 0.917. The minimum atomic E-state index is -0.289. The monoisotopic (exact) mass is 226 g/mol. The molecule has 2 fully saturated rings. The molecule has 1 heterocycles. The standard InChI is InChI=1S/C12H22N2O2/c1-9-7-10(9)14-11(15)12(8-16-2)3-5-13-6-4-12/h9-10,13H,3-8H2,1-2H3,(H,14,15). The number of piperidine rings is 1. The Labute approximate surface area is 97.1 Å². The van der Waals surface area contributed by atoms with Gasteiger partial charge in [-0.25, -0.2) is 0 Å². The summed E-state index contributed by atoms with van der Waals surface area (Å²) in [4.78, 5) is 12.3. The van der Waals surface area contributed by atoms with Gasteiger partial charge in [-0.05, 0) is 38.3 Å². The van der Waals surface area contributed by atoms with Gasteiger partial charge in [-0.3, -0.25) is 4.79 Å². The van der Waals surface area contributed by atoms with Gasteiger partial charge in [0.25, 0.3) is 0 Å². The van der Waals surface area contributed by atoms with E-state index in [0.29, 0.717) is 18.6 Å². The number of rotatable bonds is 4. The van der Waals surface area contributed by atoms with Crippen LogP contribution in [0.25, 0.3) is 0 Å². The van der Waals surface area contributed by atoms with Gasteiger partial charge >= 0.3 is 0 Å². The SMILES string of the molecule is COCC1(C(=O)NC2CC2C)CCNCC1. The quantitative estimate of drug-likeness (QED) is 0.735. The van der Waals surface area contributed by atoms with Crippen molar-refractivity contribution >= 4 is 5.91 Å². The number of carbonyl (C=O) groups is 1. The zero-order valence-corrected chi connectivity index (χ0v) is 10.2. The van der Waals surface area contributed by atoms with Crippen LogP contribution in [0.15, 0.2) is 0 Å². The molecule has 0 aromatic heterocycles. The van der Waals surface area contributed by atoms with Crippen LogP contribution in [0.4, 0.5) is 0 Å². The largest absolute Gasteiger partial charge is 0.384 e. The maximum absolute atomic E-state index is 12.3. The molecule has 2 aliphatic rings. The Morgan fingerprint density at radius 3 is 2.62 bits per heavy atom. The average molecular weight is 226 g/mol. The molecule has 0 bridgehead atoms. The van der Waals surface area contributed by atoms with E-state index in [1.807, 2.05) is 0 Å². The van der Waals surface area contributed by atoms with E-state index in [4.69, 9.17) is 4.74 Å². The third-order valence-electron chi connectivity index (χ3n) is 3.89. The molecule has 0 aromatic rings. The van der Waals surface area contributed by atoms with Crippen molar-refractivity contribution in [2.75, 3.05) is 26.8 Å². The van der Waals surface area contributed by atoms with Crippen molar-refractivity contribution in [1.82, 2.24) is 10.6 Å². The van der Waals surface area contributed by atoms with Crippen LogP contribution in [0.5, 0.6) is 0 Å². The summed E-state index contributed by atoms with van der Waals surface area (Å²) in [5.41, 5.74) is -0.289. The Kier molecular flexibility index (Phi) is 3.50. The number of ether oxygens (including phenoxy) is 1. The molecule has 1 saturated carbocycles. The first-order valence-corrected chi connectivity index (χ1v) is 6.18. The fourth-order valence-corrected chi connectivity index (χ4v) is 2.46. The van der Waals surface area contributed by atoms with E-state index in [-0.39, 0.29) is 11.3 Å². The molecule has 4 heteroatoms. The van der Waals surface area contributed by atoms with Gasteiger partial charge in [-0.1, -0.05) is 6.92 Å². The molecule has 1 aliphatic carbocycles. The highest BCUT2D eigenvalue weighted by Crippen LogP contribution is 2.34. The fourth-order valence-electron chi connectivity index (χ4n) is 2.46. The number of carbonyl (C=O) groups excluding carboxylic acids is 1. The van der Waals surface area contributed by atoms with Crippen LogP contribution < -0.4 is 10.6 Å². The first-order chi connectivity index (χ1) is 7.68. The summed E-state index contributed by atoms with van der Waals surface area (Å²) < 4.78 is 5.25. The lowest BCUT2D eigenvalue weighted by Crippen LogP contribution is -2.50. The molecule has 16 heavy (non-hydrogen) atoms. The van der Waals surface area contributed by atoms with Crippen molar-refractivity contribution in [3.63, 3.8) is 0 Å². The van der Waals surface area contributed by atoms with Crippen LogP contribution in [0.3, 0.4) is 0 Å². The number of nitrogens with one attached hydrogen (secondary N) is 2. The average Bonchev–Trinajstić information content (AvgIpc) is 2.96. The lowest BCUT2D eigenvalue weighted by Gasteiger charge is -2.35. The minimum absolute atomic E-state index is 0.199. The minimum Gasteiger partial charge on any atom is -0.384 e. The molecule has 1 amide bonds. The molecule has 2 rings (SSSR count). The van der Waals surface area contributed by atoms with Gasteiger partial charge in [0.1, 0.15) is 0 Å². The summed E-state index contributed by atoms with van der Waals surface area (Å²) in [6.45, 7) is 4.55. The van der Waals surface area contributed by atoms with Gasteiger partial charge in [-0.15, -0.1) is 0 Å². The predicted molar refractivity (Wildman–Crippen MR) is 62.1 cm³/mol. The van der Waals surface area contributed by atoms with Crippen LogP contribution in [0.1, 0.15) is 26.2 Å². The molecule has 1 saturated heterocycles. The molecule has 0 aromatic carbocycles. The van der Waals surface area contributed by atoms with Crippen molar-refractivity contribution in [2.45, 2.75) is 32.2 Å². The Bertz CT molecular complexity index is 256. The third-order valence-corrected chi connectivity index (χ3v) is 3.89. The smallest absolute Gasteiger partial charge is 0.228 e. The van der Waals surface area contributed by atoms with Crippen molar-refractivity contribution < 1.29 is 9.53 Å². The van der Waals surface area contributed by atoms with Crippen LogP contribution in [0, 0.1) is 11.3 Å². The molecule has 0 radical (unpaired) electrons. The van der Waals surface area contributed by atoms with Crippen LogP contribution in [-0.2, 0) is 9.53 Å². The van der Waals surface area contributed by atoms with Gasteiger partial charge in [0.15, 0.2) is 0 Å². The number of amides is 1. The van der Waals surface area contributed by atoms with E-state index in [1.54, 1.807) is 7.11 Å². The summed E-state index contributed by atoms with van der Waals surface area (Å²) in [6, 6.07) is 0.413. The zero-order valence-electron chi connectivity index (χ0n) is 10.2. The number of hydrogen-bond acceptors (Lipinski definition) is 3. The second kappa shape index (κ2) is 4.72. The molecule has 2 atom stereocenters. The maximum Gasteiger partial charge on any atom is 0.228 e. The van der Waals surface area contributed by atoms with Crippen LogP contribution >= 0.6 is 0 Å². The van der Waals surface area contributed by atoms with Crippen molar-refractivity contribution in [3.8, 4) is 0 Å². The molecule has 2 unspecified atom stereocenters. The predicted octanol–water partition coefficient (Wildman–Crippen LogP) is 0.527. The zero-order chi connectivity index (χ0) is 11.6. The molecule has 0 spiro atoms. The van der Waals surface area contributed by atoms with Crippen LogP contribution in [-0.4, -0.2) is 38.8 Å². The summed E-state index contributed by atoms with van der Waals surface area (Å²) in [5, 5.41) is 6.45. The second-order valence-electron chi connectivity index (χ2n) is 5.26. The Morgan fingerprint density at radius 1 is 1.50 bits per heavy atom. The van der Waals surface area contributed by atoms with E-state index in [9.17, 15) is 4.79 Å². The topological polar surface area (TPSA) is 50.4 Å². The van der Waals surface area contributed by atoms with Gasteiger partial charge in [0, 0.05) is 13.2 Å². The first kappa shape index (κ1) is 11.9. The van der Waals surface area contributed by atoms with E-state index in [0.717, 1.165) is 32.4 Å². The molecule has 92 valence electrons. The van der Waals surface area contributed by atoms with Gasteiger partial charge in [0.2, 0.25) is 5.91 Å². The Morgan fingerprint density at radius 2 is 2.12 bits per heavy atom. The number of hydrogen-bond donors (Lipinski definition) is 2. The Balaban J connectivity index is 1.96. The van der Waals surface area contributed by atoms with Gasteiger partial charge < -0.3 is 15.4 Å². The summed E-state index contributed by atoms with van der Waals surface area (Å²) in [6.07, 6.45) is 2.90. The van der Waals surface area contributed by atoms with E-state index in [2.05, 4.69) is 17.6 Å². The molecular weight excluding hydrogens is 204 g/mol. The van der Waals surface area contributed by atoms with Crippen molar-refractivity contribution in [2.24, 2.45) is 11.3 Å². The van der Waals surface area contributed by atoms with Crippen molar-refractivity contribution in [1.29, 1.82) is 0 Å². The Hall–Kier alpha value is -0.610. The highest BCUT2D eigenvalue weighted by Gasteiger charge is 2.43.